The standard InChI is InChI=1S/C22H22N2O5/c1-14-8-10-17(11-9-14)23-20(25)13-24(3)21(26)15(2)28-22(27)19-12-16-6-4-5-7-18(16)29-19/h4-12,15H,13H2,1-3H3,(H,23,25)/t15-/m1/s1. The molecule has 3 aromatic rings. The zero-order valence-electron chi connectivity index (χ0n) is 16.5. The second kappa shape index (κ2) is 8.60. The molecule has 7 nitrogen and oxygen atoms in total. The molecule has 1 N–H and O–H groups in total. The lowest BCUT2D eigenvalue weighted by molar-refractivity contribution is -0.140. The molecule has 0 fully saturated rings. The first-order valence-electron chi connectivity index (χ1n) is 9.14. The fourth-order valence-corrected chi connectivity index (χ4v) is 2.79. The molecular weight excluding hydrogens is 372 g/mol. The summed E-state index contributed by atoms with van der Waals surface area (Å²) in [5.74, 6) is -1.56. The van der Waals surface area contributed by atoms with E-state index in [2.05, 4.69) is 5.32 Å². The lowest BCUT2D eigenvalue weighted by Crippen LogP contribution is -2.41. The summed E-state index contributed by atoms with van der Waals surface area (Å²) in [4.78, 5) is 38.1. The number of aryl methyl sites for hydroxylation is 1. The molecule has 0 aliphatic heterocycles. The van der Waals surface area contributed by atoms with Crippen LogP contribution in [0.15, 0.2) is 59.0 Å². The van der Waals surface area contributed by atoms with Gasteiger partial charge in [-0.1, -0.05) is 35.9 Å². The van der Waals surface area contributed by atoms with Crippen molar-refractivity contribution in [3.05, 3.63) is 65.9 Å². The fourth-order valence-electron chi connectivity index (χ4n) is 2.79. The number of esters is 1. The van der Waals surface area contributed by atoms with Gasteiger partial charge >= 0.3 is 5.97 Å². The normalized spacial score (nSPS) is 11.7. The van der Waals surface area contributed by atoms with E-state index in [1.165, 1.54) is 18.9 Å². The number of rotatable bonds is 6. The number of ether oxygens (including phenoxy) is 1. The van der Waals surface area contributed by atoms with Crippen molar-refractivity contribution in [3.8, 4) is 0 Å². The summed E-state index contributed by atoms with van der Waals surface area (Å²) in [5.41, 5.74) is 2.28. The average molecular weight is 394 g/mol. The molecule has 0 saturated heterocycles. The quantitative estimate of drug-likeness (QED) is 0.648. The number of benzene rings is 2. The van der Waals surface area contributed by atoms with E-state index in [1.807, 2.05) is 31.2 Å². The van der Waals surface area contributed by atoms with Crippen LogP contribution in [0.5, 0.6) is 0 Å². The minimum atomic E-state index is -1.06. The van der Waals surface area contributed by atoms with Crippen LogP contribution in [0.1, 0.15) is 23.0 Å². The van der Waals surface area contributed by atoms with Gasteiger partial charge in [-0.15, -0.1) is 0 Å². The monoisotopic (exact) mass is 394 g/mol. The Balaban J connectivity index is 1.54. The third-order valence-electron chi connectivity index (χ3n) is 4.35. The molecule has 2 amide bonds. The Kier molecular flexibility index (Phi) is 5.97. The van der Waals surface area contributed by atoms with E-state index in [4.69, 9.17) is 9.15 Å². The van der Waals surface area contributed by atoms with Crippen LogP contribution in [0, 0.1) is 6.92 Å². The van der Waals surface area contributed by atoms with Crippen LogP contribution in [0.25, 0.3) is 11.0 Å². The Morgan fingerprint density at radius 3 is 2.48 bits per heavy atom. The van der Waals surface area contributed by atoms with Gasteiger partial charge in [0.1, 0.15) is 5.58 Å². The Morgan fingerprint density at radius 1 is 1.10 bits per heavy atom. The summed E-state index contributed by atoms with van der Waals surface area (Å²) in [5, 5.41) is 3.49. The van der Waals surface area contributed by atoms with Gasteiger partial charge in [-0.2, -0.15) is 0 Å². The van der Waals surface area contributed by atoms with Crippen molar-refractivity contribution in [1.82, 2.24) is 4.90 Å². The molecule has 29 heavy (non-hydrogen) atoms. The van der Waals surface area contributed by atoms with Gasteiger partial charge in [0.2, 0.25) is 11.7 Å². The smallest absolute Gasteiger partial charge is 0.375 e. The van der Waals surface area contributed by atoms with Gasteiger partial charge in [-0.25, -0.2) is 4.79 Å². The van der Waals surface area contributed by atoms with Crippen LogP contribution in [0.2, 0.25) is 0 Å². The minimum Gasteiger partial charge on any atom is -0.449 e. The van der Waals surface area contributed by atoms with Crippen molar-refractivity contribution >= 4 is 34.4 Å². The maximum absolute atomic E-state index is 12.5. The number of nitrogens with one attached hydrogen (secondary N) is 1. The van der Waals surface area contributed by atoms with E-state index in [-0.39, 0.29) is 18.2 Å². The molecule has 0 aliphatic carbocycles. The van der Waals surface area contributed by atoms with E-state index in [9.17, 15) is 14.4 Å². The number of hydrogen-bond donors (Lipinski definition) is 1. The zero-order chi connectivity index (χ0) is 21.0. The maximum Gasteiger partial charge on any atom is 0.375 e. The molecule has 2 aromatic carbocycles. The SMILES string of the molecule is Cc1ccc(NC(=O)CN(C)C(=O)[C@@H](C)OC(=O)c2cc3ccccc3o2)cc1. The lowest BCUT2D eigenvalue weighted by Gasteiger charge is -2.20. The average Bonchev–Trinajstić information content (AvgIpc) is 3.13. The van der Waals surface area contributed by atoms with E-state index < -0.39 is 18.0 Å². The first-order valence-corrected chi connectivity index (χ1v) is 9.14. The number of carbonyl (C=O) groups is 3. The van der Waals surface area contributed by atoms with Gasteiger partial charge in [-0.3, -0.25) is 9.59 Å². The zero-order valence-corrected chi connectivity index (χ0v) is 16.5. The number of amides is 2. The summed E-state index contributed by atoms with van der Waals surface area (Å²) in [6, 6.07) is 16.1. The number of likely N-dealkylation sites (N-methyl/N-ethyl adjacent to an activating group) is 1. The molecule has 0 radical (unpaired) electrons. The number of anilines is 1. The number of para-hydroxylation sites is 1. The van der Waals surface area contributed by atoms with E-state index in [0.29, 0.717) is 11.3 Å². The Morgan fingerprint density at radius 2 is 1.79 bits per heavy atom. The number of carbonyl (C=O) groups excluding carboxylic acids is 3. The highest BCUT2D eigenvalue weighted by Gasteiger charge is 2.25. The van der Waals surface area contributed by atoms with Gasteiger partial charge < -0.3 is 19.4 Å². The second-order valence-corrected chi connectivity index (χ2v) is 6.80. The first kappa shape index (κ1) is 20.1. The lowest BCUT2D eigenvalue weighted by atomic mass is 10.2. The maximum atomic E-state index is 12.5. The predicted molar refractivity (Wildman–Crippen MR) is 109 cm³/mol. The van der Waals surface area contributed by atoms with Crippen molar-refractivity contribution in [2.24, 2.45) is 0 Å². The van der Waals surface area contributed by atoms with Gasteiger partial charge in [0.15, 0.2) is 6.10 Å². The molecule has 1 aromatic heterocycles. The number of fused-ring (bicyclic) bond motifs is 1. The molecule has 1 heterocycles. The van der Waals surface area contributed by atoms with Crippen molar-refractivity contribution in [1.29, 1.82) is 0 Å². The highest BCUT2D eigenvalue weighted by molar-refractivity contribution is 5.96. The molecule has 0 aliphatic rings. The Labute approximate surface area is 168 Å². The molecule has 7 heteroatoms. The fraction of sp³-hybridized carbons (Fsp3) is 0.227. The van der Waals surface area contributed by atoms with Crippen LogP contribution in [0.3, 0.4) is 0 Å². The van der Waals surface area contributed by atoms with Crippen molar-refractivity contribution < 1.29 is 23.5 Å². The summed E-state index contributed by atoms with van der Waals surface area (Å²) in [6.07, 6.45) is -1.06. The Hall–Kier alpha value is -3.61. The molecule has 0 spiro atoms. The molecular formula is C22H22N2O5. The number of hydrogen-bond acceptors (Lipinski definition) is 5. The summed E-state index contributed by atoms with van der Waals surface area (Å²) in [7, 11) is 1.47. The number of nitrogens with zero attached hydrogens (tertiary/aromatic N) is 1. The second-order valence-electron chi connectivity index (χ2n) is 6.80. The molecule has 150 valence electrons. The largest absolute Gasteiger partial charge is 0.449 e. The van der Waals surface area contributed by atoms with Crippen LogP contribution >= 0.6 is 0 Å². The highest BCUT2D eigenvalue weighted by atomic mass is 16.6. The van der Waals surface area contributed by atoms with Crippen molar-refractivity contribution in [2.75, 3.05) is 18.9 Å². The third-order valence-corrected chi connectivity index (χ3v) is 4.35. The van der Waals surface area contributed by atoms with Crippen LogP contribution < -0.4 is 5.32 Å². The summed E-state index contributed by atoms with van der Waals surface area (Å²) in [6.45, 7) is 3.24. The molecule has 1 atom stereocenters. The van der Waals surface area contributed by atoms with Crippen molar-refractivity contribution in [2.45, 2.75) is 20.0 Å². The molecule has 0 saturated carbocycles. The molecule has 0 unspecified atom stereocenters. The van der Waals surface area contributed by atoms with E-state index in [1.54, 1.807) is 30.3 Å². The van der Waals surface area contributed by atoms with Gasteiger partial charge in [0, 0.05) is 18.1 Å². The first-order chi connectivity index (χ1) is 13.8. The number of furan rings is 1. The third kappa shape index (κ3) is 5.01. The molecule has 0 bridgehead atoms. The van der Waals surface area contributed by atoms with Gasteiger partial charge in [0.25, 0.3) is 5.91 Å². The van der Waals surface area contributed by atoms with Crippen LogP contribution in [-0.4, -0.2) is 42.4 Å². The van der Waals surface area contributed by atoms with E-state index >= 15 is 0 Å². The van der Waals surface area contributed by atoms with Crippen LogP contribution in [0.4, 0.5) is 5.69 Å². The highest BCUT2D eigenvalue weighted by Crippen LogP contribution is 2.20. The summed E-state index contributed by atoms with van der Waals surface area (Å²) >= 11 is 0. The molecule has 3 rings (SSSR count). The van der Waals surface area contributed by atoms with Gasteiger partial charge in [0.05, 0.1) is 6.54 Å². The topological polar surface area (TPSA) is 88.9 Å². The van der Waals surface area contributed by atoms with Gasteiger partial charge in [-0.05, 0) is 38.1 Å². The van der Waals surface area contributed by atoms with Crippen molar-refractivity contribution in [3.63, 3.8) is 0 Å². The summed E-state index contributed by atoms with van der Waals surface area (Å²) < 4.78 is 10.7. The Bertz CT molecular complexity index is 1010. The van der Waals surface area contributed by atoms with E-state index in [0.717, 1.165) is 10.9 Å². The predicted octanol–water partition coefficient (Wildman–Crippen LogP) is 3.38. The van der Waals surface area contributed by atoms with Crippen LogP contribution in [-0.2, 0) is 14.3 Å². The minimum absolute atomic E-state index is 0.0191.